The molecular formula is C23H23N3O3. The van der Waals surface area contributed by atoms with Crippen molar-refractivity contribution in [2.75, 3.05) is 13.7 Å². The SMILES string of the molecule is COc1ccc2nc(C=Cc3ccccc3OCCC(C)n3ccnc3)oc2c1. The first-order valence-corrected chi connectivity index (χ1v) is 9.55. The largest absolute Gasteiger partial charge is 0.497 e. The summed E-state index contributed by atoms with van der Waals surface area (Å²) >= 11 is 0. The maximum Gasteiger partial charge on any atom is 0.220 e. The Morgan fingerprint density at radius 2 is 2.07 bits per heavy atom. The van der Waals surface area contributed by atoms with Crippen LogP contribution >= 0.6 is 0 Å². The van der Waals surface area contributed by atoms with E-state index in [4.69, 9.17) is 13.9 Å². The second-order valence-electron chi connectivity index (χ2n) is 6.75. The van der Waals surface area contributed by atoms with E-state index in [1.807, 2.05) is 67.1 Å². The molecule has 29 heavy (non-hydrogen) atoms. The summed E-state index contributed by atoms with van der Waals surface area (Å²) in [5.74, 6) is 2.11. The molecule has 148 valence electrons. The maximum absolute atomic E-state index is 6.03. The normalized spacial score (nSPS) is 12.5. The van der Waals surface area contributed by atoms with Crippen LogP contribution in [0.25, 0.3) is 23.3 Å². The highest BCUT2D eigenvalue weighted by molar-refractivity contribution is 5.78. The van der Waals surface area contributed by atoms with Gasteiger partial charge in [-0.1, -0.05) is 18.2 Å². The number of imidazole rings is 1. The third kappa shape index (κ3) is 4.48. The molecule has 0 saturated heterocycles. The molecule has 0 bridgehead atoms. The molecule has 0 aliphatic heterocycles. The Kier molecular flexibility index (Phi) is 5.61. The van der Waals surface area contributed by atoms with Gasteiger partial charge >= 0.3 is 0 Å². The van der Waals surface area contributed by atoms with Crippen LogP contribution in [-0.2, 0) is 0 Å². The van der Waals surface area contributed by atoms with Crippen LogP contribution in [-0.4, -0.2) is 28.3 Å². The fraction of sp³-hybridized carbons (Fsp3) is 0.217. The van der Waals surface area contributed by atoms with E-state index in [0.29, 0.717) is 24.1 Å². The summed E-state index contributed by atoms with van der Waals surface area (Å²) in [7, 11) is 1.63. The van der Waals surface area contributed by atoms with Gasteiger partial charge in [0, 0.05) is 42.6 Å². The molecule has 6 heteroatoms. The minimum Gasteiger partial charge on any atom is -0.497 e. The van der Waals surface area contributed by atoms with Gasteiger partial charge in [0.2, 0.25) is 5.89 Å². The van der Waals surface area contributed by atoms with Crippen molar-refractivity contribution in [1.82, 2.24) is 14.5 Å². The summed E-state index contributed by atoms with van der Waals surface area (Å²) in [5.41, 5.74) is 2.47. The first-order chi connectivity index (χ1) is 14.2. The zero-order chi connectivity index (χ0) is 20.1. The standard InChI is InChI=1S/C23H23N3O3/c1-17(26-13-12-24-16-26)11-14-28-21-6-4-3-5-18(21)7-10-23-25-20-9-8-19(27-2)15-22(20)29-23/h3-10,12-13,15-17H,11,14H2,1-2H3. The highest BCUT2D eigenvalue weighted by Crippen LogP contribution is 2.24. The summed E-state index contributed by atoms with van der Waals surface area (Å²) < 4.78 is 19.1. The number of aromatic nitrogens is 3. The van der Waals surface area contributed by atoms with E-state index >= 15 is 0 Å². The van der Waals surface area contributed by atoms with Gasteiger partial charge in [-0.25, -0.2) is 9.97 Å². The van der Waals surface area contributed by atoms with Gasteiger partial charge in [0.25, 0.3) is 0 Å². The summed E-state index contributed by atoms with van der Waals surface area (Å²) in [6.07, 6.45) is 10.3. The van der Waals surface area contributed by atoms with Crippen LogP contribution < -0.4 is 9.47 Å². The molecular weight excluding hydrogens is 366 g/mol. The number of benzene rings is 2. The van der Waals surface area contributed by atoms with Crippen molar-refractivity contribution in [3.05, 3.63) is 72.6 Å². The van der Waals surface area contributed by atoms with E-state index in [1.54, 1.807) is 13.3 Å². The van der Waals surface area contributed by atoms with Gasteiger partial charge in [0.15, 0.2) is 5.58 Å². The average molecular weight is 389 g/mol. The lowest BCUT2D eigenvalue weighted by Gasteiger charge is -2.14. The minimum atomic E-state index is 0.331. The lowest BCUT2D eigenvalue weighted by atomic mass is 10.2. The topological polar surface area (TPSA) is 62.3 Å². The van der Waals surface area contributed by atoms with Crippen molar-refractivity contribution in [2.24, 2.45) is 0 Å². The Hall–Kier alpha value is -3.54. The summed E-state index contributed by atoms with van der Waals surface area (Å²) in [5, 5.41) is 0. The highest BCUT2D eigenvalue weighted by atomic mass is 16.5. The van der Waals surface area contributed by atoms with Crippen molar-refractivity contribution < 1.29 is 13.9 Å². The quantitative estimate of drug-likeness (QED) is 0.413. The third-order valence-corrected chi connectivity index (χ3v) is 4.76. The van der Waals surface area contributed by atoms with Crippen molar-refractivity contribution in [1.29, 1.82) is 0 Å². The second-order valence-corrected chi connectivity index (χ2v) is 6.75. The van der Waals surface area contributed by atoms with Gasteiger partial charge in [-0.15, -0.1) is 0 Å². The maximum atomic E-state index is 6.03. The smallest absolute Gasteiger partial charge is 0.220 e. The number of oxazole rings is 1. The fourth-order valence-electron chi connectivity index (χ4n) is 3.05. The predicted octanol–water partition coefficient (Wildman–Crippen LogP) is 5.23. The molecule has 0 fully saturated rings. The second kappa shape index (κ2) is 8.65. The lowest BCUT2D eigenvalue weighted by molar-refractivity contribution is 0.283. The van der Waals surface area contributed by atoms with Crippen molar-refractivity contribution in [2.45, 2.75) is 19.4 Å². The summed E-state index contributed by atoms with van der Waals surface area (Å²) in [6.45, 7) is 2.77. The molecule has 2 aromatic heterocycles. The van der Waals surface area contributed by atoms with E-state index in [9.17, 15) is 0 Å². The molecule has 0 spiro atoms. The molecule has 0 radical (unpaired) electrons. The Bertz CT molecular complexity index is 1100. The molecule has 6 nitrogen and oxygen atoms in total. The Morgan fingerprint density at radius 1 is 1.17 bits per heavy atom. The van der Waals surface area contributed by atoms with Crippen molar-refractivity contribution in [3.8, 4) is 11.5 Å². The van der Waals surface area contributed by atoms with E-state index in [-0.39, 0.29) is 0 Å². The monoisotopic (exact) mass is 389 g/mol. The number of fused-ring (bicyclic) bond motifs is 1. The van der Waals surface area contributed by atoms with Gasteiger partial charge in [-0.05, 0) is 31.2 Å². The molecule has 0 amide bonds. The van der Waals surface area contributed by atoms with Crippen LogP contribution in [0.15, 0.2) is 65.6 Å². The molecule has 4 rings (SSSR count). The van der Waals surface area contributed by atoms with E-state index in [2.05, 4.69) is 21.5 Å². The van der Waals surface area contributed by atoms with Crippen LogP contribution in [0, 0.1) is 0 Å². The van der Waals surface area contributed by atoms with E-state index in [1.165, 1.54) is 0 Å². The third-order valence-electron chi connectivity index (χ3n) is 4.76. The number of hydrogen-bond donors (Lipinski definition) is 0. The number of ether oxygens (including phenoxy) is 2. The van der Waals surface area contributed by atoms with Gasteiger partial charge in [0.05, 0.1) is 20.0 Å². The zero-order valence-corrected chi connectivity index (χ0v) is 16.5. The summed E-state index contributed by atoms with van der Waals surface area (Å²) in [4.78, 5) is 8.58. The number of methoxy groups -OCH3 is 1. The number of hydrogen-bond acceptors (Lipinski definition) is 5. The van der Waals surface area contributed by atoms with Gasteiger partial charge in [-0.2, -0.15) is 0 Å². The Labute approximate surface area is 169 Å². The Morgan fingerprint density at radius 3 is 2.90 bits per heavy atom. The van der Waals surface area contributed by atoms with Crippen LogP contribution in [0.3, 0.4) is 0 Å². The minimum absolute atomic E-state index is 0.331. The molecule has 4 aromatic rings. The molecule has 1 unspecified atom stereocenters. The first kappa shape index (κ1) is 18.8. The average Bonchev–Trinajstić information content (AvgIpc) is 3.42. The molecule has 0 aliphatic rings. The summed E-state index contributed by atoms with van der Waals surface area (Å²) in [6, 6.07) is 13.8. The van der Waals surface area contributed by atoms with E-state index < -0.39 is 0 Å². The van der Waals surface area contributed by atoms with Crippen LogP contribution in [0.2, 0.25) is 0 Å². The van der Waals surface area contributed by atoms with Crippen LogP contribution in [0.5, 0.6) is 11.5 Å². The van der Waals surface area contributed by atoms with Crippen LogP contribution in [0.4, 0.5) is 0 Å². The number of nitrogens with zero attached hydrogens (tertiary/aromatic N) is 3. The zero-order valence-electron chi connectivity index (χ0n) is 16.5. The van der Waals surface area contributed by atoms with Crippen molar-refractivity contribution in [3.63, 3.8) is 0 Å². The lowest BCUT2D eigenvalue weighted by Crippen LogP contribution is -2.08. The van der Waals surface area contributed by atoms with E-state index in [0.717, 1.165) is 29.0 Å². The number of para-hydroxylation sites is 1. The highest BCUT2D eigenvalue weighted by Gasteiger charge is 2.07. The number of rotatable bonds is 8. The molecule has 1 atom stereocenters. The van der Waals surface area contributed by atoms with Crippen molar-refractivity contribution >= 4 is 23.3 Å². The van der Waals surface area contributed by atoms with Gasteiger partial charge in [0.1, 0.15) is 17.0 Å². The fourth-order valence-corrected chi connectivity index (χ4v) is 3.05. The molecule has 2 heterocycles. The van der Waals surface area contributed by atoms with Gasteiger partial charge in [-0.3, -0.25) is 0 Å². The molecule has 0 N–H and O–H groups in total. The molecule has 0 aliphatic carbocycles. The van der Waals surface area contributed by atoms with Crippen LogP contribution in [0.1, 0.15) is 30.8 Å². The molecule has 2 aromatic carbocycles. The first-order valence-electron chi connectivity index (χ1n) is 9.55. The van der Waals surface area contributed by atoms with Gasteiger partial charge < -0.3 is 18.5 Å². The predicted molar refractivity (Wildman–Crippen MR) is 113 cm³/mol. The Balaban J connectivity index is 1.44. The molecule has 0 saturated carbocycles.